The van der Waals surface area contributed by atoms with Crippen LogP contribution in [0.1, 0.15) is 26.7 Å². The molecule has 0 radical (unpaired) electrons. The average Bonchev–Trinajstić information content (AvgIpc) is 3.24. The topological polar surface area (TPSA) is 26.8 Å². The second-order valence-electron chi connectivity index (χ2n) is 5.57. The van der Waals surface area contributed by atoms with Gasteiger partial charge < -0.3 is 9.80 Å². The number of thiocarbonyl (C=S) groups is 3. The van der Waals surface area contributed by atoms with E-state index in [0.717, 1.165) is 58.5 Å². The van der Waals surface area contributed by atoms with Crippen molar-refractivity contribution in [2.75, 3.05) is 37.0 Å². The predicted octanol–water partition coefficient (Wildman–Crippen LogP) is 3.65. The van der Waals surface area contributed by atoms with Crippen molar-refractivity contribution < 1.29 is 4.79 Å². The Hall–Kier alpha value is 0.390. The minimum Gasteiger partial charge on any atom is -0.358 e. The van der Waals surface area contributed by atoms with Gasteiger partial charge >= 0.3 is 0 Å². The smallest absolute Gasteiger partial charge is 0.250 e. The molecule has 0 aromatic carbocycles. The summed E-state index contributed by atoms with van der Waals surface area (Å²) < 4.78 is 2.41. The minimum absolute atomic E-state index is 0.113. The number of hydrogen-bond donors (Lipinski definition) is 0. The van der Waals surface area contributed by atoms with Gasteiger partial charge in [-0.2, -0.15) is 0 Å². The summed E-state index contributed by atoms with van der Waals surface area (Å²) >= 11 is 21.2. The van der Waals surface area contributed by atoms with Gasteiger partial charge in [-0.25, -0.2) is 0 Å². The Morgan fingerprint density at radius 3 is 2.60 bits per heavy atom. The molecule has 2 aliphatic heterocycles. The van der Waals surface area contributed by atoms with E-state index in [0.29, 0.717) is 4.32 Å². The number of likely N-dealkylation sites (tertiary alicyclic amines) is 1. The summed E-state index contributed by atoms with van der Waals surface area (Å²) in [6.45, 7) is 7.63. The maximum Gasteiger partial charge on any atom is 0.250 e. The highest BCUT2D eigenvalue weighted by atomic mass is 32.2. The third-order valence-corrected chi connectivity index (χ3v) is 8.74. The van der Waals surface area contributed by atoms with Crippen LogP contribution >= 0.6 is 71.9 Å². The molecule has 140 valence electrons. The first-order valence-electron chi connectivity index (χ1n) is 8.32. The molecule has 0 spiro atoms. The highest BCUT2D eigenvalue weighted by Gasteiger charge is 2.37. The van der Waals surface area contributed by atoms with E-state index in [1.54, 1.807) is 40.2 Å². The third kappa shape index (κ3) is 5.68. The number of hydrogen-bond acceptors (Lipinski definition) is 7. The lowest BCUT2D eigenvalue weighted by molar-refractivity contribution is -0.130. The molecule has 1 unspecified atom stereocenters. The summed E-state index contributed by atoms with van der Waals surface area (Å²) in [4.78, 5) is 18.8. The van der Waals surface area contributed by atoms with Crippen molar-refractivity contribution in [1.29, 1.82) is 0 Å². The lowest BCUT2D eigenvalue weighted by Crippen LogP contribution is -2.46. The fourth-order valence-corrected chi connectivity index (χ4v) is 7.23. The van der Waals surface area contributed by atoms with Crippen LogP contribution in [0.25, 0.3) is 0 Å². The van der Waals surface area contributed by atoms with Gasteiger partial charge in [0.1, 0.15) is 19.0 Å². The maximum atomic E-state index is 12.8. The number of nitrogens with zero attached hydrogens (tertiary/aromatic N) is 3. The first kappa shape index (κ1) is 21.7. The van der Waals surface area contributed by atoms with Gasteiger partial charge in [0.25, 0.3) is 5.91 Å². The zero-order valence-electron chi connectivity index (χ0n) is 14.4. The van der Waals surface area contributed by atoms with Gasteiger partial charge in [-0.3, -0.25) is 9.69 Å². The molecule has 25 heavy (non-hydrogen) atoms. The Morgan fingerprint density at radius 2 is 2.00 bits per heavy atom. The molecule has 2 aliphatic rings. The van der Waals surface area contributed by atoms with Crippen molar-refractivity contribution >= 4 is 90.8 Å². The standard InChI is InChI=1S/C15H23N3OS6/c1-3-16(4-2)13(20)24-10-25-14(21)17-7-5-6-11(17)12(19)18-8-9-23-15(18)22/h11H,3-10H2,1-2H3. The normalized spacial score (nSPS) is 20.2. The molecule has 0 aliphatic carbocycles. The van der Waals surface area contributed by atoms with Crippen LogP contribution in [-0.4, -0.2) is 76.6 Å². The highest BCUT2D eigenvalue weighted by molar-refractivity contribution is 8.35. The van der Waals surface area contributed by atoms with Crippen LogP contribution in [0.3, 0.4) is 0 Å². The fraction of sp³-hybridized carbons (Fsp3) is 0.733. The molecule has 0 aromatic rings. The zero-order valence-corrected chi connectivity index (χ0v) is 19.3. The van der Waals surface area contributed by atoms with E-state index >= 15 is 0 Å². The number of rotatable bonds is 5. The van der Waals surface area contributed by atoms with Gasteiger partial charge in [0.05, 0.1) is 5.08 Å². The Morgan fingerprint density at radius 1 is 1.28 bits per heavy atom. The molecule has 2 saturated heterocycles. The van der Waals surface area contributed by atoms with E-state index in [2.05, 4.69) is 23.6 Å². The lowest BCUT2D eigenvalue weighted by atomic mass is 10.2. The number of carbonyl (C=O) groups is 1. The molecule has 2 rings (SSSR count). The molecule has 4 nitrogen and oxygen atoms in total. The molecule has 0 aromatic heterocycles. The first-order chi connectivity index (χ1) is 12.0. The van der Waals surface area contributed by atoms with E-state index in [1.807, 2.05) is 0 Å². The van der Waals surface area contributed by atoms with Crippen molar-refractivity contribution in [3.8, 4) is 0 Å². The van der Waals surface area contributed by atoms with Crippen LogP contribution < -0.4 is 0 Å². The number of amides is 1. The second kappa shape index (κ2) is 10.7. The first-order valence-corrected chi connectivity index (χ1v) is 12.5. The average molecular weight is 454 g/mol. The van der Waals surface area contributed by atoms with Gasteiger partial charge in [0.2, 0.25) is 0 Å². The maximum absolute atomic E-state index is 12.8. The minimum atomic E-state index is -0.156. The Balaban J connectivity index is 1.85. The van der Waals surface area contributed by atoms with E-state index in [9.17, 15) is 4.79 Å². The molecule has 0 N–H and O–H groups in total. The third-order valence-electron chi connectivity index (χ3n) is 4.19. The molecule has 0 bridgehead atoms. The summed E-state index contributed by atoms with van der Waals surface area (Å²) in [7, 11) is 0. The zero-order chi connectivity index (χ0) is 18.4. The Bertz CT molecular complexity index is 539. The molecule has 1 amide bonds. The fourth-order valence-electron chi connectivity index (χ4n) is 2.80. The SMILES string of the molecule is CCN(CC)C(=S)SCSC(=S)N1CCCC1C(=O)N1CCSC1=S. The summed E-state index contributed by atoms with van der Waals surface area (Å²) in [5.41, 5.74) is 0. The van der Waals surface area contributed by atoms with Crippen LogP contribution in [0.15, 0.2) is 0 Å². The number of thioether (sulfide) groups is 3. The van der Waals surface area contributed by atoms with Crippen molar-refractivity contribution in [2.24, 2.45) is 0 Å². The van der Waals surface area contributed by atoms with E-state index in [-0.39, 0.29) is 11.9 Å². The largest absolute Gasteiger partial charge is 0.358 e. The van der Waals surface area contributed by atoms with E-state index in [4.69, 9.17) is 36.7 Å². The van der Waals surface area contributed by atoms with E-state index < -0.39 is 0 Å². The van der Waals surface area contributed by atoms with Crippen LogP contribution in [0.5, 0.6) is 0 Å². The molecular weight excluding hydrogens is 431 g/mol. The quantitative estimate of drug-likeness (QED) is 0.456. The van der Waals surface area contributed by atoms with Gasteiger partial charge in [-0.1, -0.05) is 71.9 Å². The summed E-state index contributed by atoms with van der Waals surface area (Å²) in [6, 6.07) is -0.156. The molecule has 2 heterocycles. The van der Waals surface area contributed by atoms with Crippen LogP contribution in [-0.2, 0) is 4.79 Å². The molecule has 10 heteroatoms. The van der Waals surface area contributed by atoms with E-state index in [1.165, 1.54) is 0 Å². The number of carbonyl (C=O) groups excluding carboxylic acids is 1. The van der Waals surface area contributed by atoms with Crippen LogP contribution in [0.4, 0.5) is 0 Å². The van der Waals surface area contributed by atoms with Gasteiger partial charge in [0, 0.05) is 31.9 Å². The van der Waals surface area contributed by atoms with Crippen molar-refractivity contribution in [2.45, 2.75) is 32.7 Å². The van der Waals surface area contributed by atoms with Gasteiger partial charge in [0.15, 0.2) is 0 Å². The Kier molecular flexibility index (Phi) is 9.24. The van der Waals surface area contributed by atoms with Crippen molar-refractivity contribution in [3.63, 3.8) is 0 Å². The summed E-state index contributed by atoms with van der Waals surface area (Å²) in [5, 5.41) is 0.781. The Labute approximate surface area is 179 Å². The monoisotopic (exact) mass is 453 g/mol. The lowest BCUT2D eigenvalue weighted by Gasteiger charge is -2.29. The van der Waals surface area contributed by atoms with Crippen molar-refractivity contribution in [3.05, 3.63) is 0 Å². The second-order valence-corrected chi connectivity index (χ2v) is 10.9. The predicted molar refractivity (Wildman–Crippen MR) is 125 cm³/mol. The van der Waals surface area contributed by atoms with Crippen LogP contribution in [0, 0.1) is 0 Å². The summed E-state index contributed by atoms with van der Waals surface area (Å²) in [5.74, 6) is 1.01. The highest BCUT2D eigenvalue weighted by Crippen LogP contribution is 2.28. The molecule has 2 fully saturated rings. The van der Waals surface area contributed by atoms with Crippen LogP contribution in [0.2, 0.25) is 0 Å². The molecule has 1 atom stereocenters. The summed E-state index contributed by atoms with van der Waals surface area (Å²) in [6.07, 6.45) is 1.85. The van der Waals surface area contributed by atoms with Gasteiger partial charge in [-0.05, 0) is 26.7 Å². The molecule has 0 saturated carbocycles. The molecular formula is C15H23N3OS6. The van der Waals surface area contributed by atoms with Crippen molar-refractivity contribution in [1.82, 2.24) is 14.7 Å². The van der Waals surface area contributed by atoms with Gasteiger partial charge in [-0.15, -0.1) is 0 Å².